The van der Waals surface area contributed by atoms with Gasteiger partial charge in [-0.2, -0.15) is 0 Å². The van der Waals surface area contributed by atoms with Gasteiger partial charge in [0.15, 0.2) is 0 Å². The molecule has 4 nitrogen and oxygen atoms in total. The number of nitrogens with one attached hydrogen (secondary N) is 1. The van der Waals surface area contributed by atoms with E-state index in [9.17, 15) is 4.79 Å². The van der Waals surface area contributed by atoms with E-state index in [1.807, 2.05) is 30.3 Å². The maximum Gasteiger partial charge on any atom is 0.242 e. The van der Waals surface area contributed by atoms with Crippen molar-refractivity contribution in [2.24, 2.45) is 0 Å². The summed E-state index contributed by atoms with van der Waals surface area (Å²) in [6, 6.07) is 9.60. The van der Waals surface area contributed by atoms with E-state index in [0.29, 0.717) is 13.0 Å². The fourth-order valence-electron chi connectivity index (χ4n) is 2.55. The van der Waals surface area contributed by atoms with Crippen molar-refractivity contribution in [3.63, 3.8) is 0 Å². The van der Waals surface area contributed by atoms with E-state index in [2.05, 4.69) is 24.1 Å². The Hall–Kier alpha value is -1.55. The lowest BCUT2D eigenvalue weighted by Crippen LogP contribution is -2.66. The Morgan fingerprint density at radius 1 is 1.39 bits per heavy atom. The summed E-state index contributed by atoms with van der Waals surface area (Å²) in [6.45, 7) is 4.83. The third-order valence-corrected chi connectivity index (χ3v) is 3.40. The van der Waals surface area contributed by atoms with Crippen LogP contribution in [-0.4, -0.2) is 35.7 Å². The molecule has 4 heteroatoms. The number of rotatable bonds is 3. The van der Waals surface area contributed by atoms with Crippen molar-refractivity contribution in [1.29, 1.82) is 0 Å². The molecule has 1 heterocycles. The summed E-state index contributed by atoms with van der Waals surface area (Å²) in [5.41, 5.74) is 0.866. The predicted molar refractivity (Wildman–Crippen MR) is 71.5 cm³/mol. The smallest absolute Gasteiger partial charge is 0.242 e. The summed E-state index contributed by atoms with van der Waals surface area (Å²) < 4.78 is 0. The fourth-order valence-corrected chi connectivity index (χ4v) is 2.55. The van der Waals surface area contributed by atoms with Crippen molar-refractivity contribution in [2.45, 2.75) is 31.8 Å². The minimum atomic E-state index is -0.304. The summed E-state index contributed by atoms with van der Waals surface area (Å²) in [5, 5.41) is 12.1. The summed E-state index contributed by atoms with van der Waals surface area (Å²) in [4.78, 5) is 14.1. The number of benzene rings is 1. The van der Waals surface area contributed by atoms with Crippen molar-refractivity contribution >= 4 is 11.6 Å². The summed E-state index contributed by atoms with van der Waals surface area (Å²) in [7, 11) is 0. The normalized spacial score (nSPS) is 22.7. The average molecular weight is 248 g/mol. The molecular weight excluding hydrogens is 228 g/mol. The molecule has 0 spiro atoms. The van der Waals surface area contributed by atoms with E-state index in [0.717, 1.165) is 5.69 Å². The van der Waals surface area contributed by atoms with Gasteiger partial charge in [-0.15, -0.1) is 0 Å². The predicted octanol–water partition coefficient (Wildman–Crippen LogP) is 1.15. The van der Waals surface area contributed by atoms with Crippen LogP contribution in [-0.2, 0) is 4.79 Å². The molecule has 1 atom stereocenters. The molecule has 1 aliphatic heterocycles. The fraction of sp³-hybridized carbons (Fsp3) is 0.500. The number of hydrogen-bond donors (Lipinski definition) is 2. The molecule has 98 valence electrons. The van der Waals surface area contributed by atoms with Gasteiger partial charge in [-0.3, -0.25) is 4.79 Å². The molecule has 0 saturated carbocycles. The van der Waals surface area contributed by atoms with Crippen LogP contribution in [0, 0.1) is 0 Å². The summed E-state index contributed by atoms with van der Waals surface area (Å²) in [6.07, 6.45) is 0.449. The number of carbonyl (C=O) groups is 1. The van der Waals surface area contributed by atoms with Crippen molar-refractivity contribution in [3.8, 4) is 0 Å². The van der Waals surface area contributed by atoms with Crippen LogP contribution >= 0.6 is 0 Å². The standard InChI is InChI=1S/C14H20N2O2/c1-14(2)10-15-13(18)12(8-9-17)16(14)11-6-4-3-5-7-11/h3-7,12,17H,8-10H2,1-2H3,(H,15,18). The first-order valence-electron chi connectivity index (χ1n) is 6.29. The largest absolute Gasteiger partial charge is 0.396 e. The Bertz CT molecular complexity index is 417. The first-order valence-corrected chi connectivity index (χ1v) is 6.29. The molecule has 0 aromatic heterocycles. The van der Waals surface area contributed by atoms with Gasteiger partial charge in [-0.1, -0.05) is 18.2 Å². The third-order valence-electron chi connectivity index (χ3n) is 3.40. The van der Waals surface area contributed by atoms with Crippen LogP contribution in [0.15, 0.2) is 30.3 Å². The quantitative estimate of drug-likeness (QED) is 0.844. The highest BCUT2D eigenvalue weighted by Gasteiger charge is 2.40. The highest BCUT2D eigenvalue weighted by molar-refractivity contribution is 5.87. The Labute approximate surface area is 108 Å². The Morgan fingerprint density at radius 2 is 2.06 bits per heavy atom. The lowest BCUT2D eigenvalue weighted by atomic mass is 9.93. The molecule has 1 saturated heterocycles. The maximum atomic E-state index is 12.0. The van der Waals surface area contributed by atoms with E-state index in [1.54, 1.807) is 0 Å². The molecule has 0 bridgehead atoms. The van der Waals surface area contributed by atoms with Crippen molar-refractivity contribution < 1.29 is 9.90 Å². The number of anilines is 1. The van der Waals surface area contributed by atoms with Gasteiger partial charge in [0.1, 0.15) is 6.04 Å². The second kappa shape index (κ2) is 4.98. The second-order valence-corrected chi connectivity index (χ2v) is 5.26. The average Bonchev–Trinajstić information content (AvgIpc) is 2.35. The van der Waals surface area contributed by atoms with Gasteiger partial charge in [0.2, 0.25) is 5.91 Å². The number of nitrogens with zero attached hydrogens (tertiary/aromatic N) is 1. The molecular formula is C14H20N2O2. The van der Waals surface area contributed by atoms with Gasteiger partial charge >= 0.3 is 0 Å². The summed E-state index contributed by atoms with van der Waals surface area (Å²) >= 11 is 0. The monoisotopic (exact) mass is 248 g/mol. The van der Waals surface area contributed by atoms with Crippen LogP contribution in [0.25, 0.3) is 0 Å². The zero-order valence-electron chi connectivity index (χ0n) is 10.9. The molecule has 2 N–H and O–H groups in total. The topological polar surface area (TPSA) is 52.6 Å². The molecule has 1 unspecified atom stereocenters. The number of aliphatic hydroxyl groups is 1. The molecule has 1 aromatic rings. The Kier molecular flexibility index (Phi) is 3.57. The first kappa shape index (κ1) is 12.9. The third kappa shape index (κ3) is 2.34. The van der Waals surface area contributed by atoms with E-state index < -0.39 is 0 Å². The first-order chi connectivity index (χ1) is 8.56. The lowest BCUT2D eigenvalue weighted by molar-refractivity contribution is -0.124. The Balaban J connectivity index is 2.38. The number of para-hydroxylation sites is 1. The number of aliphatic hydroxyl groups excluding tert-OH is 1. The van der Waals surface area contributed by atoms with Gasteiger partial charge in [0.05, 0.1) is 5.54 Å². The van der Waals surface area contributed by atoms with Gasteiger partial charge < -0.3 is 15.3 Å². The highest BCUT2D eigenvalue weighted by atomic mass is 16.3. The van der Waals surface area contributed by atoms with E-state index in [-0.39, 0.29) is 24.1 Å². The summed E-state index contributed by atoms with van der Waals surface area (Å²) in [5.74, 6) is -0.00720. The molecule has 1 aliphatic rings. The molecule has 0 radical (unpaired) electrons. The van der Waals surface area contributed by atoms with Gasteiger partial charge in [0.25, 0.3) is 0 Å². The minimum absolute atomic E-state index is 0.00720. The molecule has 1 fully saturated rings. The maximum absolute atomic E-state index is 12.0. The molecule has 1 aromatic carbocycles. The SMILES string of the molecule is CC1(C)CNC(=O)C(CCO)N1c1ccccc1. The van der Waals surface area contributed by atoms with Gasteiger partial charge in [-0.25, -0.2) is 0 Å². The molecule has 1 amide bonds. The zero-order valence-corrected chi connectivity index (χ0v) is 10.9. The van der Waals surface area contributed by atoms with E-state index >= 15 is 0 Å². The van der Waals surface area contributed by atoms with Gasteiger partial charge in [0, 0.05) is 18.8 Å². The van der Waals surface area contributed by atoms with Crippen molar-refractivity contribution in [2.75, 3.05) is 18.1 Å². The zero-order chi connectivity index (χ0) is 13.2. The number of hydrogen-bond acceptors (Lipinski definition) is 3. The van der Waals surface area contributed by atoms with Crippen LogP contribution in [0.1, 0.15) is 20.3 Å². The van der Waals surface area contributed by atoms with Crippen LogP contribution in [0.2, 0.25) is 0 Å². The van der Waals surface area contributed by atoms with E-state index in [1.165, 1.54) is 0 Å². The van der Waals surface area contributed by atoms with Crippen LogP contribution in [0.5, 0.6) is 0 Å². The molecule has 0 aliphatic carbocycles. The van der Waals surface area contributed by atoms with Crippen LogP contribution in [0.3, 0.4) is 0 Å². The minimum Gasteiger partial charge on any atom is -0.396 e. The molecule has 18 heavy (non-hydrogen) atoms. The van der Waals surface area contributed by atoms with E-state index in [4.69, 9.17) is 5.11 Å². The number of amides is 1. The van der Waals surface area contributed by atoms with Crippen LogP contribution < -0.4 is 10.2 Å². The van der Waals surface area contributed by atoms with Gasteiger partial charge in [-0.05, 0) is 32.4 Å². The lowest BCUT2D eigenvalue weighted by Gasteiger charge is -2.48. The number of carbonyl (C=O) groups excluding carboxylic acids is 1. The number of piperazine rings is 1. The van der Waals surface area contributed by atoms with Crippen molar-refractivity contribution in [1.82, 2.24) is 5.32 Å². The van der Waals surface area contributed by atoms with Crippen molar-refractivity contribution in [3.05, 3.63) is 30.3 Å². The molecule has 2 rings (SSSR count). The Morgan fingerprint density at radius 3 is 2.67 bits per heavy atom. The highest BCUT2D eigenvalue weighted by Crippen LogP contribution is 2.30. The second-order valence-electron chi connectivity index (χ2n) is 5.26. The van der Waals surface area contributed by atoms with Crippen LogP contribution in [0.4, 0.5) is 5.69 Å².